The highest BCUT2D eigenvalue weighted by Crippen LogP contribution is 2.62. The molecule has 5 heterocycles. The second kappa shape index (κ2) is 8.17. The Labute approximate surface area is 228 Å². The maximum Gasteiger partial charge on any atom is 0.286 e. The number of rotatable bonds is 4. The number of ether oxygens (including phenoxy) is 2. The Kier molecular flexibility index (Phi) is 5.07. The van der Waals surface area contributed by atoms with Gasteiger partial charge in [0, 0.05) is 24.4 Å². The molecule has 3 saturated heterocycles. The number of anilines is 1. The number of benzene rings is 2. The van der Waals surface area contributed by atoms with E-state index in [1.54, 1.807) is 43.3 Å². The lowest BCUT2D eigenvalue weighted by atomic mass is 9.66. The molecule has 2 unspecified atom stereocenters. The molecule has 7 rings (SSSR count). The lowest BCUT2D eigenvalue weighted by Gasteiger charge is -2.33. The molecule has 12 heteroatoms. The number of nitrogens with zero attached hydrogens (tertiary/aromatic N) is 4. The van der Waals surface area contributed by atoms with Gasteiger partial charge >= 0.3 is 0 Å². The van der Waals surface area contributed by atoms with E-state index in [4.69, 9.17) is 9.47 Å². The number of fused-ring (bicyclic) bond motifs is 7. The predicted molar refractivity (Wildman–Crippen MR) is 140 cm³/mol. The summed E-state index contributed by atoms with van der Waals surface area (Å²) < 4.78 is 40.7. The second-order valence-corrected chi connectivity index (χ2v) is 12.2. The Hall–Kier alpha value is -4.18. The lowest BCUT2D eigenvalue weighted by molar-refractivity contribution is -0.134. The Morgan fingerprint density at radius 3 is 2.73 bits per heavy atom. The zero-order chi connectivity index (χ0) is 28.0. The number of aliphatic hydroxyl groups is 1. The van der Waals surface area contributed by atoms with Crippen LogP contribution in [0.3, 0.4) is 0 Å². The van der Waals surface area contributed by atoms with Gasteiger partial charge in [-0.2, -0.15) is 13.7 Å². The number of aromatic nitrogens is 1. The molecule has 202 valence electrons. The molecule has 0 saturated carbocycles. The van der Waals surface area contributed by atoms with Crippen LogP contribution in [0.4, 0.5) is 5.69 Å². The van der Waals surface area contributed by atoms with Gasteiger partial charge in [-0.1, -0.05) is 12.1 Å². The van der Waals surface area contributed by atoms with Crippen molar-refractivity contribution in [2.24, 2.45) is 16.2 Å². The number of carbonyl (C=O) groups excluding carboxylic acids is 2. The molecular weight excluding hydrogens is 536 g/mol. The fraction of sp³-hybridized carbons (Fsp3) is 0.321. The Morgan fingerprint density at radius 2 is 1.93 bits per heavy atom. The molecule has 2 bridgehead atoms. The molecule has 0 radical (unpaired) electrons. The van der Waals surface area contributed by atoms with E-state index in [-0.39, 0.29) is 30.2 Å². The van der Waals surface area contributed by atoms with E-state index < -0.39 is 51.0 Å². The molecule has 3 fully saturated rings. The molecule has 1 N–H and O–H groups in total. The van der Waals surface area contributed by atoms with Gasteiger partial charge in [-0.25, -0.2) is 4.90 Å². The first-order valence-corrected chi connectivity index (χ1v) is 14.2. The van der Waals surface area contributed by atoms with Crippen LogP contribution in [0.2, 0.25) is 0 Å². The fourth-order valence-electron chi connectivity index (χ4n) is 6.80. The van der Waals surface area contributed by atoms with Crippen LogP contribution in [0.25, 0.3) is 10.9 Å². The minimum absolute atomic E-state index is 0.0464. The predicted octanol–water partition coefficient (Wildman–Crippen LogP) is 2.06. The summed E-state index contributed by atoms with van der Waals surface area (Å²) in [6, 6.07) is 14.9. The summed E-state index contributed by atoms with van der Waals surface area (Å²) >= 11 is 0. The molecule has 0 aliphatic carbocycles. The smallest absolute Gasteiger partial charge is 0.286 e. The van der Waals surface area contributed by atoms with Gasteiger partial charge in [0.1, 0.15) is 16.6 Å². The number of hydrogen-bond acceptors (Lipinski definition) is 9. The number of nitriles is 1. The largest absolute Gasteiger partial charge is 0.477 e. The molecule has 4 aliphatic rings. The van der Waals surface area contributed by atoms with Crippen LogP contribution in [0, 0.1) is 23.2 Å². The Balaban J connectivity index is 1.22. The molecule has 2 aromatic carbocycles. The van der Waals surface area contributed by atoms with Crippen molar-refractivity contribution in [3.63, 3.8) is 0 Å². The van der Waals surface area contributed by atoms with E-state index in [9.17, 15) is 28.4 Å². The van der Waals surface area contributed by atoms with Crippen molar-refractivity contribution in [1.82, 2.24) is 4.98 Å². The van der Waals surface area contributed by atoms with Gasteiger partial charge in [-0.05, 0) is 43.3 Å². The molecule has 5 atom stereocenters. The molecule has 2 amide bonds. The number of pyridine rings is 1. The average molecular weight is 559 g/mol. The van der Waals surface area contributed by atoms with Crippen LogP contribution in [0.5, 0.6) is 0 Å². The summed E-state index contributed by atoms with van der Waals surface area (Å²) in [4.78, 5) is 33.4. The molecule has 4 aliphatic heterocycles. The molecule has 0 spiro atoms. The van der Waals surface area contributed by atoms with E-state index in [0.29, 0.717) is 27.7 Å². The molecular formula is C28H22N4O7S. The monoisotopic (exact) mass is 558 g/mol. The quantitative estimate of drug-likeness (QED) is 0.473. The van der Waals surface area contributed by atoms with Gasteiger partial charge < -0.3 is 14.6 Å². The maximum absolute atomic E-state index is 14.0. The van der Waals surface area contributed by atoms with Crippen molar-refractivity contribution in [3.8, 4) is 6.07 Å². The van der Waals surface area contributed by atoms with E-state index in [2.05, 4.69) is 15.5 Å². The normalized spacial score (nSPS) is 31.3. The number of amides is 2. The van der Waals surface area contributed by atoms with Gasteiger partial charge in [-0.15, -0.1) is 4.40 Å². The van der Waals surface area contributed by atoms with Crippen LogP contribution < -0.4 is 4.90 Å². The third-order valence-electron chi connectivity index (χ3n) is 8.58. The van der Waals surface area contributed by atoms with Crippen molar-refractivity contribution >= 4 is 44.3 Å². The van der Waals surface area contributed by atoms with Gasteiger partial charge in [0.05, 0.1) is 52.5 Å². The summed E-state index contributed by atoms with van der Waals surface area (Å²) in [7, 11) is -3.87. The summed E-state index contributed by atoms with van der Waals surface area (Å²) in [5.74, 6) is -2.83. The van der Waals surface area contributed by atoms with Gasteiger partial charge in [0.25, 0.3) is 10.0 Å². The minimum Gasteiger partial charge on any atom is -0.477 e. The first-order chi connectivity index (χ1) is 19.1. The molecule has 3 aromatic rings. The van der Waals surface area contributed by atoms with Gasteiger partial charge in [0.2, 0.25) is 17.7 Å². The first-order valence-electron chi connectivity index (χ1n) is 12.7. The summed E-state index contributed by atoms with van der Waals surface area (Å²) in [6.07, 6.45) is 0.756. The van der Waals surface area contributed by atoms with Crippen LogP contribution in [0.15, 0.2) is 64.0 Å². The number of imide groups is 1. The third kappa shape index (κ3) is 3.13. The lowest BCUT2D eigenvalue weighted by Crippen LogP contribution is -2.49. The fourth-order valence-corrected chi connectivity index (χ4v) is 7.96. The average Bonchev–Trinajstić information content (AvgIpc) is 3.56. The maximum atomic E-state index is 14.0. The SMILES string of the molecule is CC12OC(CCOC3=NS(=O)(=O)c4ccccc43)(C[C@H]1O)[C@@H]1C(=O)N(c3ccc(C#N)c4ncccc34)C(=O)[C@@H]12. The van der Waals surface area contributed by atoms with E-state index in [1.807, 2.05) is 0 Å². The van der Waals surface area contributed by atoms with Crippen molar-refractivity contribution in [1.29, 1.82) is 5.26 Å². The first kappa shape index (κ1) is 24.8. The standard InChI is InChI=1S/C28H22N4O7S/c1-27-20(33)13-28(39-27,10-12-38-24-17-5-2-3-7-19(17)40(36,37)31-24)22-21(27)25(34)32(26(22)35)18-9-8-15(14-29)23-16(18)6-4-11-30-23/h2-9,11,20-22,33H,10,12-13H2,1H3/t20-,21-,22+,27?,28?/m1/s1. The van der Waals surface area contributed by atoms with E-state index in [1.165, 1.54) is 18.3 Å². The van der Waals surface area contributed by atoms with Crippen LogP contribution in [0.1, 0.15) is 30.9 Å². The summed E-state index contributed by atoms with van der Waals surface area (Å²) in [6.45, 7) is 1.59. The highest BCUT2D eigenvalue weighted by Gasteiger charge is 2.77. The van der Waals surface area contributed by atoms with Gasteiger partial charge in [-0.3, -0.25) is 14.6 Å². The Bertz CT molecular complexity index is 1830. The number of aliphatic hydroxyl groups excluding tert-OH is 1. The molecule has 1 aromatic heterocycles. The molecule has 11 nitrogen and oxygen atoms in total. The van der Waals surface area contributed by atoms with Crippen molar-refractivity contribution in [2.75, 3.05) is 11.5 Å². The summed E-state index contributed by atoms with van der Waals surface area (Å²) in [5, 5.41) is 21.0. The number of hydrogen-bond donors (Lipinski definition) is 1. The highest BCUT2D eigenvalue weighted by atomic mass is 32.2. The van der Waals surface area contributed by atoms with Crippen molar-refractivity contribution in [3.05, 3.63) is 65.9 Å². The van der Waals surface area contributed by atoms with Crippen LogP contribution >= 0.6 is 0 Å². The topological polar surface area (TPSA) is 159 Å². The van der Waals surface area contributed by atoms with Gasteiger partial charge in [0.15, 0.2) is 0 Å². The minimum atomic E-state index is -3.87. The molecule has 40 heavy (non-hydrogen) atoms. The Morgan fingerprint density at radius 1 is 1.15 bits per heavy atom. The van der Waals surface area contributed by atoms with E-state index in [0.717, 1.165) is 4.90 Å². The second-order valence-electron chi connectivity index (χ2n) is 10.6. The zero-order valence-electron chi connectivity index (χ0n) is 21.1. The number of carbonyl (C=O) groups is 2. The third-order valence-corrected chi connectivity index (χ3v) is 9.90. The van der Waals surface area contributed by atoms with Crippen LogP contribution in [-0.4, -0.2) is 60.1 Å². The van der Waals surface area contributed by atoms with Crippen molar-refractivity contribution in [2.45, 2.75) is 42.0 Å². The van der Waals surface area contributed by atoms with Crippen LogP contribution in [-0.2, 0) is 29.1 Å². The highest BCUT2D eigenvalue weighted by molar-refractivity contribution is 7.90. The van der Waals surface area contributed by atoms with E-state index >= 15 is 0 Å². The number of sulfonamides is 1. The summed E-state index contributed by atoms with van der Waals surface area (Å²) in [5.41, 5.74) is -1.15. The zero-order valence-corrected chi connectivity index (χ0v) is 22.0. The van der Waals surface area contributed by atoms with Crippen molar-refractivity contribution < 1.29 is 32.6 Å².